The van der Waals surface area contributed by atoms with Gasteiger partial charge in [-0.05, 0) is 135 Å². The Balaban J connectivity index is 1.30. The third-order valence-electron chi connectivity index (χ3n) is 15.5. The van der Waals surface area contributed by atoms with Crippen molar-refractivity contribution in [3.63, 3.8) is 0 Å². The quantitative estimate of drug-likeness (QED) is 0.172. The number of amides is 2. The van der Waals surface area contributed by atoms with Crippen molar-refractivity contribution in [3.05, 3.63) is 12.2 Å². The standard InChI is InChI=1S/C39H66N2O3/c1-26(2)28-16-21-39(34(44)41-25-13-11-9-10-12-24-40-27(3)42)23-22-37(7)29(33(28)39)14-15-31-36(6)19-18-32(43)35(4,5)30(36)17-20-38(31,37)8/h28-33,43H,1,9-25H2,2-8H3,(H,40,42)(H,41,44)/t28-,29+,30-,31?,32-,33-,36-,37+,38+,39-/m0/s1. The van der Waals surface area contributed by atoms with Crippen LogP contribution in [0.4, 0.5) is 0 Å². The number of rotatable bonds is 10. The number of nitrogens with one attached hydrogen (secondary N) is 2. The van der Waals surface area contributed by atoms with Crippen LogP contribution < -0.4 is 10.6 Å². The van der Waals surface area contributed by atoms with Crippen molar-refractivity contribution in [2.45, 2.75) is 151 Å². The maximum Gasteiger partial charge on any atom is 0.226 e. The van der Waals surface area contributed by atoms with Gasteiger partial charge in [-0.3, -0.25) is 9.59 Å². The summed E-state index contributed by atoms with van der Waals surface area (Å²) >= 11 is 0. The van der Waals surface area contributed by atoms with Gasteiger partial charge in [0.25, 0.3) is 0 Å². The molecule has 5 aliphatic carbocycles. The molecule has 5 heteroatoms. The molecular formula is C39H66N2O3. The first kappa shape index (κ1) is 34.0. The first-order valence-corrected chi connectivity index (χ1v) is 18.5. The normalized spacial score (nSPS) is 44.0. The van der Waals surface area contributed by atoms with Crippen molar-refractivity contribution in [1.29, 1.82) is 0 Å². The Bertz CT molecular complexity index is 1100. The molecule has 10 atom stereocenters. The lowest BCUT2D eigenvalue weighted by Gasteiger charge is -2.72. The first-order chi connectivity index (χ1) is 20.6. The van der Waals surface area contributed by atoms with Gasteiger partial charge in [-0.25, -0.2) is 0 Å². The van der Waals surface area contributed by atoms with Crippen LogP contribution >= 0.6 is 0 Å². The van der Waals surface area contributed by atoms with Crippen molar-refractivity contribution in [2.24, 2.45) is 56.7 Å². The molecule has 0 saturated heterocycles. The number of aliphatic hydroxyl groups is 1. The van der Waals surface area contributed by atoms with Crippen LogP contribution in [-0.4, -0.2) is 36.1 Å². The van der Waals surface area contributed by atoms with Crippen LogP contribution in [0, 0.1) is 56.7 Å². The van der Waals surface area contributed by atoms with E-state index < -0.39 is 0 Å². The zero-order valence-corrected chi connectivity index (χ0v) is 29.5. The summed E-state index contributed by atoms with van der Waals surface area (Å²) in [5, 5.41) is 17.4. The second-order valence-corrected chi connectivity index (χ2v) is 17.7. The Morgan fingerprint density at radius 2 is 1.39 bits per heavy atom. The minimum Gasteiger partial charge on any atom is -0.393 e. The number of carbonyl (C=O) groups excluding carboxylic acids is 2. The van der Waals surface area contributed by atoms with E-state index >= 15 is 0 Å². The van der Waals surface area contributed by atoms with Crippen molar-refractivity contribution >= 4 is 11.8 Å². The molecule has 0 aliphatic heterocycles. The number of aliphatic hydroxyl groups excluding tert-OH is 1. The van der Waals surface area contributed by atoms with Gasteiger partial charge in [-0.1, -0.05) is 66.0 Å². The maximum atomic E-state index is 14.3. The van der Waals surface area contributed by atoms with Crippen LogP contribution in [0.15, 0.2) is 12.2 Å². The summed E-state index contributed by atoms with van der Waals surface area (Å²) in [5.41, 5.74) is 1.81. The van der Waals surface area contributed by atoms with E-state index in [4.69, 9.17) is 0 Å². The van der Waals surface area contributed by atoms with Crippen LogP contribution in [0.2, 0.25) is 0 Å². The van der Waals surface area contributed by atoms with Gasteiger partial charge in [-0.2, -0.15) is 0 Å². The molecule has 0 aromatic heterocycles. The highest BCUT2D eigenvalue weighted by molar-refractivity contribution is 5.84. The van der Waals surface area contributed by atoms with Gasteiger partial charge in [0.15, 0.2) is 0 Å². The molecule has 5 fully saturated rings. The predicted octanol–water partition coefficient (Wildman–Crippen LogP) is 8.21. The number of unbranched alkanes of at least 4 members (excludes halogenated alkanes) is 4. The monoisotopic (exact) mass is 611 g/mol. The van der Waals surface area contributed by atoms with E-state index in [9.17, 15) is 14.7 Å². The zero-order chi connectivity index (χ0) is 32.1. The maximum absolute atomic E-state index is 14.3. The Kier molecular flexibility index (Phi) is 9.54. The summed E-state index contributed by atoms with van der Waals surface area (Å²) in [6.45, 7) is 22.5. The molecule has 5 saturated carbocycles. The first-order valence-electron chi connectivity index (χ1n) is 18.5. The Morgan fingerprint density at radius 1 is 0.727 bits per heavy atom. The molecule has 2 amide bonds. The summed E-state index contributed by atoms with van der Waals surface area (Å²) < 4.78 is 0. The molecule has 0 aromatic carbocycles. The Labute approximate surface area is 269 Å². The predicted molar refractivity (Wildman–Crippen MR) is 180 cm³/mol. The summed E-state index contributed by atoms with van der Waals surface area (Å²) in [4.78, 5) is 25.3. The topological polar surface area (TPSA) is 78.4 Å². The minimum absolute atomic E-state index is 0.0188. The fourth-order valence-corrected chi connectivity index (χ4v) is 12.9. The largest absolute Gasteiger partial charge is 0.393 e. The van der Waals surface area contributed by atoms with Crippen molar-refractivity contribution < 1.29 is 14.7 Å². The van der Waals surface area contributed by atoms with Crippen molar-refractivity contribution in [3.8, 4) is 0 Å². The number of fused-ring (bicyclic) bond motifs is 7. The van der Waals surface area contributed by atoms with E-state index in [1.165, 1.54) is 37.7 Å². The lowest BCUT2D eigenvalue weighted by atomic mass is 9.32. The lowest BCUT2D eigenvalue weighted by molar-refractivity contribution is -0.246. The van der Waals surface area contributed by atoms with Crippen molar-refractivity contribution in [1.82, 2.24) is 10.6 Å². The lowest BCUT2D eigenvalue weighted by Crippen LogP contribution is -2.67. The molecule has 0 heterocycles. The highest BCUT2D eigenvalue weighted by atomic mass is 16.3. The fourth-order valence-electron chi connectivity index (χ4n) is 12.9. The number of carbonyl (C=O) groups is 2. The van der Waals surface area contributed by atoms with Gasteiger partial charge in [0.05, 0.1) is 11.5 Å². The summed E-state index contributed by atoms with van der Waals surface area (Å²) in [5.74, 6) is 3.07. The highest BCUT2D eigenvalue weighted by Gasteiger charge is 2.71. The molecule has 0 radical (unpaired) electrons. The molecule has 0 bridgehead atoms. The van der Waals surface area contributed by atoms with Gasteiger partial charge in [0.2, 0.25) is 11.8 Å². The fraction of sp³-hybridized carbons (Fsp3) is 0.897. The molecule has 250 valence electrons. The number of hydrogen-bond acceptors (Lipinski definition) is 3. The van der Waals surface area contributed by atoms with Crippen LogP contribution in [0.5, 0.6) is 0 Å². The van der Waals surface area contributed by atoms with E-state index in [0.717, 1.165) is 77.3 Å². The average molecular weight is 611 g/mol. The molecule has 3 N–H and O–H groups in total. The molecular weight excluding hydrogens is 544 g/mol. The van der Waals surface area contributed by atoms with Crippen LogP contribution in [0.1, 0.15) is 145 Å². The van der Waals surface area contributed by atoms with E-state index in [1.54, 1.807) is 6.92 Å². The van der Waals surface area contributed by atoms with Crippen LogP contribution in [0.3, 0.4) is 0 Å². The van der Waals surface area contributed by atoms with Gasteiger partial charge in [-0.15, -0.1) is 0 Å². The van der Waals surface area contributed by atoms with Crippen molar-refractivity contribution in [2.75, 3.05) is 13.1 Å². The Hall–Kier alpha value is -1.36. The third-order valence-corrected chi connectivity index (χ3v) is 15.5. The minimum atomic E-state index is -0.243. The molecule has 44 heavy (non-hydrogen) atoms. The second-order valence-electron chi connectivity index (χ2n) is 17.7. The average Bonchev–Trinajstić information content (AvgIpc) is 3.36. The number of allylic oxidation sites excluding steroid dienone is 1. The zero-order valence-electron chi connectivity index (χ0n) is 29.5. The van der Waals surface area contributed by atoms with Gasteiger partial charge in [0, 0.05) is 20.0 Å². The molecule has 1 unspecified atom stereocenters. The van der Waals surface area contributed by atoms with Crippen LogP contribution in [0.25, 0.3) is 0 Å². The number of hydrogen-bond donors (Lipinski definition) is 3. The molecule has 5 rings (SSSR count). The van der Waals surface area contributed by atoms with Gasteiger partial charge in [0.1, 0.15) is 0 Å². The molecule has 5 aliphatic rings. The summed E-state index contributed by atoms with van der Waals surface area (Å²) in [6, 6.07) is 0. The van der Waals surface area contributed by atoms with Gasteiger partial charge >= 0.3 is 0 Å². The van der Waals surface area contributed by atoms with E-state index in [-0.39, 0.29) is 39.1 Å². The molecule has 0 aromatic rings. The molecule has 0 spiro atoms. The van der Waals surface area contributed by atoms with Gasteiger partial charge < -0.3 is 15.7 Å². The molecule has 5 nitrogen and oxygen atoms in total. The van der Waals surface area contributed by atoms with E-state index in [1.807, 2.05) is 0 Å². The highest BCUT2D eigenvalue weighted by Crippen LogP contribution is 2.77. The third kappa shape index (κ3) is 5.31. The smallest absolute Gasteiger partial charge is 0.226 e. The van der Waals surface area contributed by atoms with E-state index in [2.05, 4.69) is 58.8 Å². The van der Waals surface area contributed by atoms with Crippen LogP contribution in [-0.2, 0) is 9.59 Å². The Morgan fingerprint density at radius 3 is 2.05 bits per heavy atom. The summed E-state index contributed by atoms with van der Waals surface area (Å²) in [7, 11) is 0. The summed E-state index contributed by atoms with van der Waals surface area (Å²) in [6.07, 6.45) is 16.7. The SMILES string of the molecule is C=C(C)[C@@H]1CC[C@]2(C(=O)NCCCCCCCNC(C)=O)CC[C@]3(C)[C@H](CCC4[C@@]5(C)CC[C@H](O)C(C)(C)[C@@H]5CC[C@]43C)[C@H]12. The second kappa shape index (κ2) is 12.3. The van der Waals surface area contributed by atoms with E-state index in [0.29, 0.717) is 35.5 Å².